The standard InChI is InChI=1S/C18H29NO/c1-7-18(5,13-19-8-9-20-6)12-17-15(3)10-14(2)11-16(17)4/h7,10-11,19H,1,8-9,12-13H2,2-6H3. The van der Waals surface area contributed by atoms with Crippen LogP contribution in [0.3, 0.4) is 0 Å². The van der Waals surface area contributed by atoms with E-state index in [1.165, 1.54) is 22.3 Å². The van der Waals surface area contributed by atoms with Gasteiger partial charge < -0.3 is 10.1 Å². The summed E-state index contributed by atoms with van der Waals surface area (Å²) in [4.78, 5) is 0. The van der Waals surface area contributed by atoms with Crippen LogP contribution in [-0.2, 0) is 11.2 Å². The highest BCUT2D eigenvalue weighted by atomic mass is 16.5. The van der Waals surface area contributed by atoms with Gasteiger partial charge >= 0.3 is 0 Å². The van der Waals surface area contributed by atoms with Gasteiger partial charge in [-0.1, -0.05) is 30.7 Å². The molecule has 2 heteroatoms. The Balaban J connectivity index is 2.79. The predicted molar refractivity (Wildman–Crippen MR) is 87.4 cm³/mol. The molecule has 0 heterocycles. The average molecular weight is 275 g/mol. The zero-order valence-electron chi connectivity index (χ0n) is 13.7. The Labute approximate surface area is 124 Å². The number of benzene rings is 1. The van der Waals surface area contributed by atoms with E-state index in [0.717, 1.165) is 26.1 Å². The van der Waals surface area contributed by atoms with Crippen molar-refractivity contribution in [3.05, 3.63) is 47.0 Å². The first kappa shape index (κ1) is 16.9. The highest BCUT2D eigenvalue weighted by Crippen LogP contribution is 2.27. The second kappa shape index (κ2) is 7.61. The van der Waals surface area contributed by atoms with Crippen molar-refractivity contribution in [3.63, 3.8) is 0 Å². The Morgan fingerprint density at radius 1 is 1.25 bits per heavy atom. The fraction of sp³-hybridized carbons (Fsp3) is 0.556. The van der Waals surface area contributed by atoms with Gasteiger partial charge in [-0.2, -0.15) is 0 Å². The van der Waals surface area contributed by atoms with Crippen LogP contribution in [0, 0.1) is 26.2 Å². The van der Waals surface area contributed by atoms with Gasteiger partial charge in [0, 0.05) is 25.6 Å². The number of hydrogen-bond donors (Lipinski definition) is 1. The third kappa shape index (κ3) is 4.77. The summed E-state index contributed by atoms with van der Waals surface area (Å²) in [7, 11) is 1.73. The molecule has 0 bridgehead atoms. The van der Waals surface area contributed by atoms with Crippen LogP contribution >= 0.6 is 0 Å². The van der Waals surface area contributed by atoms with Gasteiger partial charge in [-0.25, -0.2) is 0 Å². The molecule has 1 rings (SSSR count). The van der Waals surface area contributed by atoms with E-state index in [9.17, 15) is 0 Å². The molecule has 1 aromatic rings. The van der Waals surface area contributed by atoms with Crippen LogP contribution in [-0.4, -0.2) is 26.8 Å². The molecule has 112 valence electrons. The number of rotatable bonds is 8. The molecule has 1 unspecified atom stereocenters. The second-order valence-electron chi connectivity index (χ2n) is 6.08. The number of hydrogen-bond acceptors (Lipinski definition) is 2. The molecule has 0 fully saturated rings. The first-order valence-electron chi connectivity index (χ1n) is 7.32. The minimum Gasteiger partial charge on any atom is -0.383 e. The molecule has 0 saturated carbocycles. The van der Waals surface area contributed by atoms with Crippen LogP contribution in [0.4, 0.5) is 0 Å². The quantitative estimate of drug-likeness (QED) is 0.578. The number of aryl methyl sites for hydroxylation is 3. The minimum absolute atomic E-state index is 0.0680. The highest BCUT2D eigenvalue weighted by Gasteiger charge is 2.22. The van der Waals surface area contributed by atoms with Crippen molar-refractivity contribution in [1.29, 1.82) is 0 Å². The Morgan fingerprint density at radius 2 is 1.85 bits per heavy atom. The third-order valence-corrected chi connectivity index (χ3v) is 3.93. The van der Waals surface area contributed by atoms with Gasteiger partial charge in [-0.15, -0.1) is 6.58 Å². The minimum atomic E-state index is 0.0680. The number of nitrogens with one attached hydrogen (secondary N) is 1. The zero-order chi connectivity index (χ0) is 15.2. The Bertz CT molecular complexity index is 430. The van der Waals surface area contributed by atoms with Crippen LogP contribution in [0.2, 0.25) is 0 Å². The van der Waals surface area contributed by atoms with E-state index in [1.807, 2.05) is 0 Å². The number of methoxy groups -OCH3 is 1. The molecule has 1 aromatic carbocycles. The first-order chi connectivity index (χ1) is 9.41. The maximum absolute atomic E-state index is 5.07. The van der Waals surface area contributed by atoms with Crippen LogP contribution in [0.15, 0.2) is 24.8 Å². The van der Waals surface area contributed by atoms with Gasteiger partial charge in [0.2, 0.25) is 0 Å². The van der Waals surface area contributed by atoms with Crippen molar-refractivity contribution in [3.8, 4) is 0 Å². The van der Waals surface area contributed by atoms with Gasteiger partial charge in [0.15, 0.2) is 0 Å². The molecule has 0 spiro atoms. The molecule has 0 aromatic heterocycles. The third-order valence-electron chi connectivity index (χ3n) is 3.93. The van der Waals surface area contributed by atoms with Gasteiger partial charge in [-0.3, -0.25) is 0 Å². The van der Waals surface area contributed by atoms with Crippen molar-refractivity contribution < 1.29 is 4.74 Å². The van der Waals surface area contributed by atoms with E-state index in [4.69, 9.17) is 4.74 Å². The largest absolute Gasteiger partial charge is 0.383 e. The Kier molecular flexibility index (Phi) is 6.44. The molecule has 1 atom stereocenters. The lowest BCUT2D eigenvalue weighted by molar-refractivity contribution is 0.195. The van der Waals surface area contributed by atoms with Crippen LogP contribution in [0.25, 0.3) is 0 Å². The topological polar surface area (TPSA) is 21.3 Å². The van der Waals surface area contributed by atoms with Gasteiger partial charge in [0.05, 0.1) is 6.61 Å². The zero-order valence-corrected chi connectivity index (χ0v) is 13.7. The smallest absolute Gasteiger partial charge is 0.0587 e. The molecule has 0 saturated heterocycles. The Morgan fingerprint density at radius 3 is 2.35 bits per heavy atom. The van der Waals surface area contributed by atoms with Crippen molar-refractivity contribution >= 4 is 0 Å². The lowest BCUT2D eigenvalue weighted by atomic mass is 9.80. The van der Waals surface area contributed by atoms with Gasteiger partial charge in [0.1, 0.15) is 0 Å². The highest BCUT2D eigenvalue weighted by molar-refractivity contribution is 5.38. The molecule has 0 aliphatic carbocycles. The van der Waals surface area contributed by atoms with Crippen molar-refractivity contribution in [2.75, 3.05) is 26.8 Å². The van der Waals surface area contributed by atoms with Crippen molar-refractivity contribution in [2.45, 2.75) is 34.1 Å². The van der Waals surface area contributed by atoms with E-state index < -0.39 is 0 Å². The molecule has 0 amide bonds. The molecule has 20 heavy (non-hydrogen) atoms. The summed E-state index contributed by atoms with van der Waals surface area (Å²) in [6.45, 7) is 15.4. The van der Waals surface area contributed by atoms with E-state index >= 15 is 0 Å². The average Bonchev–Trinajstić information content (AvgIpc) is 2.39. The van der Waals surface area contributed by atoms with E-state index in [1.54, 1.807) is 7.11 Å². The molecular formula is C18H29NO. The molecule has 0 radical (unpaired) electrons. The van der Waals surface area contributed by atoms with Gasteiger partial charge in [0.25, 0.3) is 0 Å². The number of ether oxygens (including phenoxy) is 1. The predicted octanol–water partition coefficient (Wildman–Crippen LogP) is 3.58. The monoisotopic (exact) mass is 275 g/mol. The molecule has 0 aliphatic heterocycles. The first-order valence-corrected chi connectivity index (χ1v) is 7.32. The summed E-state index contributed by atoms with van der Waals surface area (Å²) in [6.07, 6.45) is 3.10. The summed E-state index contributed by atoms with van der Waals surface area (Å²) >= 11 is 0. The summed E-state index contributed by atoms with van der Waals surface area (Å²) in [5.41, 5.74) is 5.62. The van der Waals surface area contributed by atoms with Crippen LogP contribution in [0.1, 0.15) is 29.2 Å². The van der Waals surface area contributed by atoms with E-state index in [-0.39, 0.29) is 5.41 Å². The maximum Gasteiger partial charge on any atom is 0.0587 e. The lowest BCUT2D eigenvalue weighted by Gasteiger charge is -2.28. The van der Waals surface area contributed by atoms with Crippen molar-refractivity contribution in [2.24, 2.45) is 5.41 Å². The fourth-order valence-corrected chi connectivity index (χ4v) is 2.65. The molecule has 1 N–H and O–H groups in total. The molecular weight excluding hydrogens is 246 g/mol. The van der Waals surface area contributed by atoms with Crippen LogP contribution in [0.5, 0.6) is 0 Å². The normalized spacial score (nSPS) is 14.1. The molecule has 2 nitrogen and oxygen atoms in total. The summed E-state index contributed by atoms with van der Waals surface area (Å²) in [6, 6.07) is 4.54. The van der Waals surface area contributed by atoms with E-state index in [0.29, 0.717) is 0 Å². The van der Waals surface area contributed by atoms with Crippen molar-refractivity contribution in [1.82, 2.24) is 5.32 Å². The lowest BCUT2D eigenvalue weighted by Crippen LogP contribution is -2.34. The summed E-state index contributed by atoms with van der Waals surface area (Å²) in [5, 5.41) is 3.45. The fourth-order valence-electron chi connectivity index (χ4n) is 2.65. The maximum atomic E-state index is 5.07. The summed E-state index contributed by atoms with van der Waals surface area (Å²) in [5.74, 6) is 0. The second-order valence-corrected chi connectivity index (χ2v) is 6.08. The Hall–Kier alpha value is -1.12. The molecule has 0 aliphatic rings. The van der Waals surface area contributed by atoms with E-state index in [2.05, 4.69) is 57.8 Å². The summed E-state index contributed by atoms with van der Waals surface area (Å²) < 4.78 is 5.07. The van der Waals surface area contributed by atoms with Gasteiger partial charge in [-0.05, 0) is 43.9 Å². The SMILES string of the molecule is C=CC(C)(CNCCOC)Cc1c(C)cc(C)cc1C. The van der Waals surface area contributed by atoms with Crippen LogP contribution < -0.4 is 5.32 Å².